The lowest BCUT2D eigenvalue weighted by molar-refractivity contribution is -0.144. The van der Waals surface area contributed by atoms with Crippen molar-refractivity contribution in [2.24, 2.45) is 0 Å². The average molecular weight is 378 g/mol. The molecule has 1 saturated heterocycles. The number of ether oxygens (including phenoxy) is 1. The predicted molar refractivity (Wildman–Crippen MR) is 103 cm³/mol. The smallest absolute Gasteiger partial charge is 0.262 e. The van der Waals surface area contributed by atoms with Crippen molar-refractivity contribution in [3.63, 3.8) is 0 Å². The Labute approximate surface area is 163 Å². The molecule has 2 aromatic carbocycles. The van der Waals surface area contributed by atoms with Crippen LogP contribution >= 0.6 is 0 Å². The zero-order valence-corrected chi connectivity index (χ0v) is 15.7. The molecule has 0 saturated carbocycles. The second kappa shape index (κ2) is 7.56. The van der Waals surface area contributed by atoms with E-state index in [1.54, 1.807) is 29.2 Å². The van der Waals surface area contributed by atoms with Crippen LogP contribution in [-0.2, 0) is 16.0 Å². The Hall–Kier alpha value is -2.99. The number of nitrogens with zero attached hydrogens (tertiary/aromatic N) is 2. The SMILES string of the molecule is CC1COC(Cc2ccccc2)CN1C(=O)CN1C(=O)c2ccccc2C1=O. The van der Waals surface area contributed by atoms with Crippen molar-refractivity contribution in [1.29, 1.82) is 0 Å². The average Bonchev–Trinajstić information content (AvgIpc) is 2.95. The molecular formula is C22H22N2O4. The minimum Gasteiger partial charge on any atom is -0.374 e. The van der Waals surface area contributed by atoms with Gasteiger partial charge in [0.1, 0.15) is 6.54 Å². The molecule has 2 heterocycles. The Morgan fingerprint density at radius 1 is 1.00 bits per heavy atom. The molecule has 6 heteroatoms. The summed E-state index contributed by atoms with van der Waals surface area (Å²) in [5.41, 5.74) is 1.87. The number of carbonyl (C=O) groups is 3. The van der Waals surface area contributed by atoms with E-state index < -0.39 is 11.8 Å². The van der Waals surface area contributed by atoms with E-state index in [9.17, 15) is 14.4 Å². The summed E-state index contributed by atoms with van der Waals surface area (Å²) in [5, 5.41) is 0. The van der Waals surface area contributed by atoms with Gasteiger partial charge in [-0.25, -0.2) is 0 Å². The highest BCUT2D eigenvalue weighted by molar-refractivity contribution is 6.22. The number of fused-ring (bicyclic) bond motifs is 1. The van der Waals surface area contributed by atoms with Crippen LogP contribution in [0.15, 0.2) is 54.6 Å². The van der Waals surface area contributed by atoms with Gasteiger partial charge in [0, 0.05) is 13.0 Å². The highest BCUT2D eigenvalue weighted by atomic mass is 16.5. The molecule has 1 fully saturated rings. The summed E-state index contributed by atoms with van der Waals surface area (Å²) in [6, 6.07) is 16.6. The predicted octanol–water partition coefficient (Wildman–Crippen LogP) is 2.14. The topological polar surface area (TPSA) is 66.9 Å². The second-order valence-electron chi connectivity index (χ2n) is 7.28. The fourth-order valence-corrected chi connectivity index (χ4v) is 3.77. The summed E-state index contributed by atoms with van der Waals surface area (Å²) in [6.07, 6.45) is 0.606. The van der Waals surface area contributed by atoms with Crippen LogP contribution < -0.4 is 0 Å². The number of benzene rings is 2. The van der Waals surface area contributed by atoms with Crippen LogP contribution in [0.4, 0.5) is 0 Å². The van der Waals surface area contributed by atoms with Crippen molar-refractivity contribution >= 4 is 17.7 Å². The molecule has 2 unspecified atom stereocenters. The minimum atomic E-state index is -0.407. The lowest BCUT2D eigenvalue weighted by Gasteiger charge is -2.38. The van der Waals surface area contributed by atoms with E-state index in [0.717, 1.165) is 10.5 Å². The molecule has 3 amide bonds. The van der Waals surface area contributed by atoms with Gasteiger partial charge in [0.05, 0.1) is 29.9 Å². The van der Waals surface area contributed by atoms with E-state index in [0.29, 0.717) is 30.7 Å². The molecule has 0 N–H and O–H groups in total. The van der Waals surface area contributed by atoms with Crippen LogP contribution in [-0.4, -0.2) is 59.4 Å². The van der Waals surface area contributed by atoms with Gasteiger partial charge >= 0.3 is 0 Å². The lowest BCUT2D eigenvalue weighted by Crippen LogP contribution is -2.54. The minimum absolute atomic E-state index is 0.102. The summed E-state index contributed by atoms with van der Waals surface area (Å²) in [5.74, 6) is -1.05. The molecule has 144 valence electrons. The van der Waals surface area contributed by atoms with Crippen molar-refractivity contribution in [3.8, 4) is 0 Å². The fraction of sp³-hybridized carbons (Fsp3) is 0.318. The highest BCUT2D eigenvalue weighted by Crippen LogP contribution is 2.23. The highest BCUT2D eigenvalue weighted by Gasteiger charge is 2.38. The number of hydrogen-bond acceptors (Lipinski definition) is 4. The van der Waals surface area contributed by atoms with E-state index in [4.69, 9.17) is 4.74 Å². The standard InChI is InChI=1S/C22H22N2O4/c1-15-14-28-17(11-16-7-3-2-4-8-16)12-23(15)20(25)13-24-21(26)18-9-5-6-10-19(18)22(24)27/h2-10,15,17H,11-14H2,1H3. The first-order valence-corrected chi connectivity index (χ1v) is 9.45. The largest absolute Gasteiger partial charge is 0.374 e. The van der Waals surface area contributed by atoms with Gasteiger partial charge in [0.15, 0.2) is 0 Å². The van der Waals surface area contributed by atoms with Gasteiger partial charge in [-0.2, -0.15) is 0 Å². The zero-order valence-electron chi connectivity index (χ0n) is 15.7. The number of carbonyl (C=O) groups excluding carboxylic acids is 3. The van der Waals surface area contributed by atoms with Gasteiger partial charge in [0.25, 0.3) is 11.8 Å². The molecule has 2 atom stereocenters. The first kappa shape index (κ1) is 18.4. The molecule has 0 spiro atoms. The molecule has 6 nitrogen and oxygen atoms in total. The maximum absolute atomic E-state index is 12.9. The third-order valence-corrected chi connectivity index (χ3v) is 5.30. The Bertz CT molecular complexity index is 877. The van der Waals surface area contributed by atoms with Crippen molar-refractivity contribution in [3.05, 3.63) is 71.3 Å². The molecule has 2 aliphatic rings. The molecule has 0 bridgehead atoms. The van der Waals surface area contributed by atoms with Crippen LogP contribution in [0.2, 0.25) is 0 Å². The first-order chi connectivity index (χ1) is 13.5. The molecular weight excluding hydrogens is 356 g/mol. The lowest BCUT2D eigenvalue weighted by atomic mass is 10.1. The second-order valence-corrected chi connectivity index (χ2v) is 7.28. The van der Waals surface area contributed by atoms with Gasteiger partial charge in [-0.1, -0.05) is 42.5 Å². The van der Waals surface area contributed by atoms with E-state index in [1.165, 1.54) is 0 Å². The summed E-state index contributed by atoms with van der Waals surface area (Å²) < 4.78 is 5.90. The molecule has 0 aromatic heterocycles. The quantitative estimate of drug-likeness (QED) is 0.765. The van der Waals surface area contributed by atoms with Crippen molar-refractivity contribution in [1.82, 2.24) is 9.80 Å². The van der Waals surface area contributed by atoms with Crippen molar-refractivity contribution in [2.45, 2.75) is 25.5 Å². The number of morpholine rings is 1. The maximum atomic E-state index is 12.9. The number of rotatable bonds is 4. The van der Waals surface area contributed by atoms with Crippen molar-refractivity contribution < 1.29 is 19.1 Å². The summed E-state index contributed by atoms with van der Waals surface area (Å²) in [7, 11) is 0. The van der Waals surface area contributed by atoms with Gasteiger partial charge in [-0.05, 0) is 24.6 Å². The Balaban J connectivity index is 1.44. The van der Waals surface area contributed by atoms with Gasteiger partial charge in [-0.15, -0.1) is 0 Å². The zero-order chi connectivity index (χ0) is 19.7. The fourth-order valence-electron chi connectivity index (χ4n) is 3.77. The summed E-state index contributed by atoms with van der Waals surface area (Å²) >= 11 is 0. The number of hydrogen-bond donors (Lipinski definition) is 0. The van der Waals surface area contributed by atoms with Crippen LogP contribution in [0.25, 0.3) is 0 Å². The van der Waals surface area contributed by atoms with Crippen molar-refractivity contribution in [2.75, 3.05) is 19.7 Å². The van der Waals surface area contributed by atoms with Gasteiger partial charge in [0.2, 0.25) is 5.91 Å². The third kappa shape index (κ3) is 3.43. The van der Waals surface area contributed by atoms with E-state index >= 15 is 0 Å². The van der Waals surface area contributed by atoms with Crippen LogP contribution in [0.3, 0.4) is 0 Å². The van der Waals surface area contributed by atoms with Crippen LogP contribution in [0.1, 0.15) is 33.2 Å². The maximum Gasteiger partial charge on any atom is 0.262 e. The van der Waals surface area contributed by atoms with E-state index in [1.807, 2.05) is 37.3 Å². The Morgan fingerprint density at radius 2 is 1.61 bits per heavy atom. The molecule has 28 heavy (non-hydrogen) atoms. The summed E-state index contributed by atoms with van der Waals surface area (Å²) in [4.78, 5) is 40.7. The molecule has 0 radical (unpaired) electrons. The number of imide groups is 1. The van der Waals surface area contributed by atoms with Gasteiger partial charge in [-0.3, -0.25) is 19.3 Å². The van der Waals surface area contributed by atoms with E-state index in [2.05, 4.69) is 0 Å². The van der Waals surface area contributed by atoms with Crippen LogP contribution in [0.5, 0.6) is 0 Å². The van der Waals surface area contributed by atoms with Crippen LogP contribution in [0, 0.1) is 0 Å². The molecule has 4 rings (SSSR count). The normalized spacial score (nSPS) is 21.8. The van der Waals surface area contributed by atoms with Gasteiger partial charge < -0.3 is 9.64 Å². The summed E-state index contributed by atoms with van der Waals surface area (Å²) in [6.45, 7) is 2.55. The molecule has 2 aliphatic heterocycles. The van der Waals surface area contributed by atoms with E-state index in [-0.39, 0.29) is 24.6 Å². The monoisotopic (exact) mass is 378 g/mol. The molecule has 2 aromatic rings. The Kier molecular flexibility index (Phi) is 4.96. The Morgan fingerprint density at radius 3 is 2.25 bits per heavy atom. The third-order valence-electron chi connectivity index (χ3n) is 5.30. The number of amides is 3. The molecule has 0 aliphatic carbocycles. The first-order valence-electron chi connectivity index (χ1n) is 9.45.